The first-order chi connectivity index (χ1) is 8.59. The molecule has 6 heteroatoms. The van der Waals surface area contributed by atoms with Crippen molar-refractivity contribution in [2.75, 3.05) is 18.1 Å². The van der Waals surface area contributed by atoms with Crippen LogP contribution in [0.4, 0.5) is 13.2 Å². The average Bonchev–Trinajstić information content (AvgIpc) is 2.86. The molecule has 1 amide bonds. The van der Waals surface area contributed by atoms with Gasteiger partial charge in [0, 0.05) is 6.54 Å². The van der Waals surface area contributed by atoms with E-state index in [2.05, 4.69) is 5.32 Å². The van der Waals surface area contributed by atoms with Crippen LogP contribution in [-0.2, 0) is 0 Å². The van der Waals surface area contributed by atoms with Gasteiger partial charge in [-0.3, -0.25) is 4.79 Å². The molecule has 1 N–H and O–H groups in total. The Morgan fingerprint density at radius 1 is 1.33 bits per heavy atom. The SMILES string of the molecule is O=C(NC[C@H]1CCSC1)c1ccc(F)c(F)c1F. The fourth-order valence-electron chi connectivity index (χ4n) is 1.78. The number of carbonyl (C=O) groups is 1. The lowest BCUT2D eigenvalue weighted by atomic mass is 10.1. The molecular weight excluding hydrogens is 263 g/mol. The van der Waals surface area contributed by atoms with Gasteiger partial charge < -0.3 is 5.32 Å². The topological polar surface area (TPSA) is 29.1 Å². The molecule has 0 spiro atoms. The van der Waals surface area contributed by atoms with Gasteiger partial charge in [-0.25, -0.2) is 13.2 Å². The van der Waals surface area contributed by atoms with Crippen LogP contribution in [0.2, 0.25) is 0 Å². The molecule has 0 bridgehead atoms. The quantitative estimate of drug-likeness (QED) is 0.859. The van der Waals surface area contributed by atoms with Gasteiger partial charge in [-0.1, -0.05) is 0 Å². The summed E-state index contributed by atoms with van der Waals surface area (Å²) in [6.45, 7) is 0.435. The zero-order valence-electron chi connectivity index (χ0n) is 9.51. The minimum Gasteiger partial charge on any atom is -0.352 e. The minimum absolute atomic E-state index is 0.368. The van der Waals surface area contributed by atoms with E-state index in [1.54, 1.807) is 11.8 Å². The standard InChI is InChI=1S/C12H12F3NOS/c13-9-2-1-8(10(14)11(9)15)12(17)16-5-7-3-4-18-6-7/h1-2,7H,3-6H2,(H,16,17)/t7-/m1/s1. The fraction of sp³-hybridized carbons (Fsp3) is 0.417. The molecule has 1 aromatic carbocycles. The number of thioether (sulfide) groups is 1. The Balaban J connectivity index is 2.02. The number of carbonyl (C=O) groups excluding carboxylic acids is 1. The summed E-state index contributed by atoms with van der Waals surface area (Å²) in [5, 5.41) is 2.55. The van der Waals surface area contributed by atoms with Gasteiger partial charge in [0.15, 0.2) is 17.5 Å². The first-order valence-corrected chi connectivity index (χ1v) is 6.74. The number of hydrogen-bond acceptors (Lipinski definition) is 2. The van der Waals surface area contributed by atoms with Crippen LogP contribution in [0, 0.1) is 23.4 Å². The van der Waals surface area contributed by atoms with E-state index >= 15 is 0 Å². The van der Waals surface area contributed by atoms with Crippen LogP contribution in [0.1, 0.15) is 16.8 Å². The Hall–Kier alpha value is -1.17. The molecule has 18 heavy (non-hydrogen) atoms. The third kappa shape index (κ3) is 2.80. The van der Waals surface area contributed by atoms with Crippen LogP contribution in [0.3, 0.4) is 0 Å². The molecule has 0 unspecified atom stereocenters. The summed E-state index contributed by atoms with van der Waals surface area (Å²) in [5.41, 5.74) is -0.459. The normalized spacial score (nSPS) is 18.9. The third-order valence-electron chi connectivity index (χ3n) is 2.86. The molecule has 2 nitrogen and oxygen atoms in total. The van der Waals surface area contributed by atoms with Crippen molar-refractivity contribution >= 4 is 17.7 Å². The molecule has 0 aliphatic carbocycles. The van der Waals surface area contributed by atoms with Crippen molar-refractivity contribution < 1.29 is 18.0 Å². The predicted molar refractivity (Wildman–Crippen MR) is 64.1 cm³/mol. The average molecular weight is 275 g/mol. The lowest BCUT2D eigenvalue weighted by Gasteiger charge is -2.10. The number of rotatable bonds is 3. The molecule has 2 rings (SSSR count). The molecule has 98 valence electrons. The summed E-state index contributed by atoms with van der Waals surface area (Å²) in [7, 11) is 0. The van der Waals surface area contributed by atoms with Crippen molar-refractivity contribution in [2.24, 2.45) is 5.92 Å². The van der Waals surface area contributed by atoms with E-state index in [1.165, 1.54) is 0 Å². The van der Waals surface area contributed by atoms with E-state index in [-0.39, 0.29) is 0 Å². The Kier molecular flexibility index (Phi) is 4.16. The summed E-state index contributed by atoms with van der Waals surface area (Å²) < 4.78 is 39.0. The molecule has 0 aromatic heterocycles. The summed E-state index contributed by atoms with van der Waals surface area (Å²) in [6.07, 6.45) is 1.01. The molecule has 0 saturated carbocycles. The maximum Gasteiger partial charge on any atom is 0.254 e. The number of hydrogen-bond donors (Lipinski definition) is 1. The Labute approximate surface area is 107 Å². The molecular formula is C12H12F3NOS. The number of amides is 1. The number of benzene rings is 1. The lowest BCUT2D eigenvalue weighted by molar-refractivity contribution is 0.0943. The van der Waals surface area contributed by atoms with Gasteiger partial charge in [0.2, 0.25) is 0 Å². The maximum atomic E-state index is 13.3. The fourth-order valence-corrected chi connectivity index (χ4v) is 3.06. The molecule has 1 aliphatic rings. The molecule has 0 radical (unpaired) electrons. The molecule has 1 saturated heterocycles. The highest BCUT2D eigenvalue weighted by Crippen LogP contribution is 2.22. The lowest BCUT2D eigenvalue weighted by Crippen LogP contribution is -2.30. The van der Waals surface area contributed by atoms with Gasteiger partial charge >= 0.3 is 0 Å². The maximum absolute atomic E-state index is 13.3. The van der Waals surface area contributed by atoms with Crippen molar-refractivity contribution in [1.29, 1.82) is 0 Å². The summed E-state index contributed by atoms with van der Waals surface area (Å²) in [4.78, 5) is 11.6. The van der Waals surface area contributed by atoms with Crippen molar-refractivity contribution in [3.63, 3.8) is 0 Å². The monoisotopic (exact) mass is 275 g/mol. The number of nitrogens with one attached hydrogen (secondary N) is 1. The summed E-state index contributed by atoms with van der Waals surface area (Å²) in [6, 6.07) is 1.70. The van der Waals surface area contributed by atoms with Gasteiger partial charge in [0.05, 0.1) is 5.56 Å². The van der Waals surface area contributed by atoms with Gasteiger partial charge in [-0.05, 0) is 36.0 Å². The van der Waals surface area contributed by atoms with Crippen molar-refractivity contribution in [3.05, 3.63) is 35.1 Å². The molecule has 1 atom stereocenters. The summed E-state index contributed by atoms with van der Waals surface area (Å²) >= 11 is 1.80. The van der Waals surface area contributed by atoms with E-state index < -0.39 is 28.9 Å². The second-order valence-electron chi connectivity index (χ2n) is 4.16. The zero-order chi connectivity index (χ0) is 13.1. The molecule has 1 aliphatic heterocycles. The van der Waals surface area contributed by atoms with Crippen LogP contribution < -0.4 is 5.32 Å². The predicted octanol–water partition coefficient (Wildman–Crippen LogP) is 2.59. The Morgan fingerprint density at radius 3 is 2.78 bits per heavy atom. The highest BCUT2D eigenvalue weighted by atomic mass is 32.2. The minimum atomic E-state index is -1.61. The first kappa shape index (κ1) is 13.3. The smallest absolute Gasteiger partial charge is 0.254 e. The second kappa shape index (κ2) is 5.65. The largest absolute Gasteiger partial charge is 0.352 e. The Morgan fingerprint density at radius 2 is 2.11 bits per heavy atom. The van der Waals surface area contributed by atoms with E-state index in [9.17, 15) is 18.0 Å². The van der Waals surface area contributed by atoms with E-state index in [0.717, 1.165) is 30.1 Å². The Bertz CT molecular complexity index is 461. The van der Waals surface area contributed by atoms with Crippen LogP contribution in [-0.4, -0.2) is 24.0 Å². The molecule has 1 aromatic rings. The van der Waals surface area contributed by atoms with Crippen LogP contribution >= 0.6 is 11.8 Å². The van der Waals surface area contributed by atoms with Gasteiger partial charge in [-0.2, -0.15) is 11.8 Å². The highest BCUT2D eigenvalue weighted by Gasteiger charge is 2.20. The van der Waals surface area contributed by atoms with Crippen LogP contribution in [0.5, 0.6) is 0 Å². The first-order valence-electron chi connectivity index (χ1n) is 5.59. The van der Waals surface area contributed by atoms with Gasteiger partial charge in [-0.15, -0.1) is 0 Å². The third-order valence-corrected chi connectivity index (χ3v) is 4.09. The van der Waals surface area contributed by atoms with E-state index in [0.29, 0.717) is 12.5 Å². The number of halogens is 3. The van der Waals surface area contributed by atoms with Gasteiger partial charge in [0.25, 0.3) is 5.91 Å². The molecule has 1 heterocycles. The zero-order valence-corrected chi connectivity index (χ0v) is 10.3. The highest BCUT2D eigenvalue weighted by molar-refractivity contribution is 7.99. The second-order valence-corrected chi connectivity index (χ2v) is 5.31. The molecule has 1 fully saturated rings. The van der Waals surface area contributed by atoms with Crippen molar-refractivity contribution in [2.45, 2.75) is 6.42 Å². The van der Waals surface area contributed by atoms with Crippen LogP contribution in [0.15, 0.2) is 12.1 Å². The van der Waals surface area contributed by atoms with Crippen molar-refractivity contribution in [1.82, 2.24) is 5.32 Å². The van der Waals surface area contributed by atoms with E-state index in [4.69, 9.17) is 0 Å². The van der Waals surface area contributed by atoms with Crippen LogP contribution in [0.25, 0.3) is 0 Å². The summed E-state index contributed by atoms with van der Waals surface area (Å²) in [5.74, 6) is -2.67. The van der Waals surface area contributed by atoms with Crippen molar-refractivity contribution in [3.8, 4) is 0 Å². The van der Waals surface area contributed by atoms with E-state index in [1.807, 2.05) is 0 Å². The van der Waals surface area contributed by atoms with Gasteiger partial charge in [0.1, 0.15) is 0 Å².